The topological polar surface area (TPSA) is 33.4 Å². The first kappa shape index (κ1) is 14.8. The normalized spacial score (nSPS) is 11.9. The van der Waals surface area contributed by atoms with Crippen molar-refractivity contribution in [1.82, 2.24) is 0 Å². The van der Waals surface area contributed by atoms with Crippen molar-refractivity contribution in [2.24, 2.45) is 0 Å². The molecule has 0 aliphatic heterocycles. The molecule has 4 aromatic carbocycles. The number of furan rings is 1. The number of phenols is 1. The third kappa shape index (κ3) is 2.06. The molecule has 0 spiro atoms. The molecular formula is C24H14O2S. The molecule has 128 valence electrons. The van der Waals surface area contributed by atoms with E-state index in [2.05, 4.69) is 42.5 Å². The summed E-state index contributed by atoms with van der Waals surface area (Å²) in [4.78, 5) is 0. The number of hydrogen-bond acceptors (Lipinski definition) is 3. The zero-order valence-electron chi connectivity index (χ0n) is 14.3. The molecule has 6 aromatic rings. The Hall–Kier alpha value is -3.30. The molecule has 0 saturated carbocycles. The lowest BCUT2D eigenvalue weighted by atomic mass is 9.98. The molecule has 1 N–H and O–H groups in total. The Morgan fingerprint density at radius 2 is 1.44 bits per heavy atom. The summed E-state index contributed by atoms with van der Waals surface area (Å²) in [5, 5.41) is 15.0. The van der Waals surface area contributed by atoms with Crippen molar-refractivity contribution in [2.45, 2.75) is 0 Å². The molecule has 0 amide bonds. The van der Waals surface area contributed by atoms with Crippen molar-refractivity contribution in [3.8, 4) is 16.9 Å². The van der Waals surface area contributed by atoms with Gasteiger partial charge in [-0.1, -0.05) is 48.5 Å². The number of benzene rings is 4. The van der Waals surface area contributed by atoms with Crippen molar-refractivity contribution in [3.05, 3.63) is 78.9 Å². The number of phenolic OH excluding ortho intramolecular Hbond substituents is 1. The van der Waals surface area contributed by atoms with Gasteiger partial charge >= 0.3 is 0 Å². The van der Waals surface area contributed by atoms with Crippen LogP contribution in [-0.2, 0) is 0 Å². The van der Waals surface area contributed by atoms with E-state index in [0.29, 0.717) is 5.58 Å². The highest BCUT2D eigenvalue weighted by Crippen LogP contribution is 2.43. The minimum Gasteiger partial charge on any atom is -0.507 e. The molecule has 2 heterocycles. The van der Waals surface area contributed by atoms with E-state index in [1.54, 1.807) is 11.3 Å². The third-order valence-electron chi connectivity index (χ3n) is 5.17. The van der Waals surface area contributed by atoms with Gasteiger partial charge in [0.1, 0.15) is 16.9 Å². The molecule has 0 aliphatic carbocycles. The minimum absolute atomic E-state index is 0.254. The van der Waals surface area contributed by atoms with Gasteiger partial charge in [-0.2, -0.15) is 0 Å². The molecule has 0 atom stereocenters. The van der Waals surface area contributed by atoms with Crippen molar-refractivity contribution in [3.63, 3.8) is 0 Å². The van der Waals surface area contributed by atoms with Crippen LogP contribution in [-0.4, -0.2) is 5.11 Å². The van der Waals surface area contributed by atoms with Crippen molar-refractivity contribution >= 4 is 53.4 Å². The van der Waals surface area contributed by atoms with Crippen molar-refractivity contribution < 1.29 is 9.52 Å². The second kappa shape index (κ2) is 5.35. The first-order chi connectivity index (χ1) is 13.3. The van der Waals surface area contributed by atoms with Gasteiger partial charge in [0.15, 0.2) is 0 Å². The maximum Gasteiger partial charge on any atom is 0.139 e. The van der Waals surface area contributed by atoms with E-state index in [1.165, 1.54) is 20.2 Å². The minimum atomic E-state index is 0.254. The summed E-state index contributed by atoms with van der Waals surface area (Å²) in [7, 11) is 0. The van der Waals surface area contributed by atoms with Crippen LogP contribution in [0.2, 0.25) is 0 Å². The fraction of sp³-hybridized carbons (Fsp3) is 0. The summed E-state index contributed by atoms with van der Waals surface area (Å²) >= 11 is 1.80. The molecule has 2 nitrogen and oxygen atoms in total. The largest absolute Gasteiger partial charge is 0.507 e. The van der Waals surface area contributed by atoms with Crippen LogP contribution in [0.3, 0.4) is 0 Å². The van der Waals surface area contributed by atoms with Crippen LogP contribution in [0.4, 0.5) is 0 Å². The lowest BCUT2D eigenvalue weighted by molar-refractivity contribution is 0.482. The van der Waals surface area contributed by atoms with E-state index in [1.807, 2.05) is 36.4 Å². The van der Waals surface area contributed by atoms with Crippen LogP contribution >= 0.6 is 11.3 Å². The highest BCUT2D eigenvalue weighted by atomic mass is 32.1. The Balaban J connectivity index is 1.72. The molecule has 0 aliphatic rings. The fourth-order valence-electron chi connectivity index (χ4n) is 4.00. The first-order valence-electron chi connectivity index (χ1n) is 8.84. The van der Waals surface area contributed by atoms with Gasteiger partial charge in [0, 0.05) is 25.6 Å². The van der Waals surface area contributed by atoms with Gasteiger partial charge in [-0.15, -0.1) is 11.3 Å². The molecule has 27 heavy (non-hydrogen) atoms. The number of rotatable bonds is 1. The zero-order valence-corrected chi connectivity index (χ0v) is 15.1. The van der Waals surface area contributed by atoms with E-state index < -0.39 is 0 Å². The SMILES string of the molecule is Oc1cc(-c2cccc3sc4ccccc4c23)cc2oc3ccccc3c12. The highest BCUT2D eigenvalue weighted by Gasteiger charge is 2.16. The molecule has 0 radical (unpaired) electrons. The average molecular weight is 366 g/mol. The summed E-state index contributed by atoms with van der Waals surface area (Å²) in [6, 6.07) is 26.5. The summed E-state index contributed by atoms with van der Waals surface area (Å²) in [5.41, 5.74) is 3.58. The molecule has 2 aromatic heterocycles. The highest BCUT2D eigenvalue weighted by molar-refractivity contribution is 7.25. The molecule has 0 fully saturated rings. The standard InChI is InChI=1S/C24H14O2S/c25-18-12-14(13-20-24(18)16-6-1-3-9-19(16)26-20)15-8-5-11-22-23(15)17-7-2-4-10-21(17)27-22/h1-13,25H. The summed E-state index contributed by atoms with van der Waals surface area (Å²) in [5.74, 6) is 0.254. The first-order valence-corrected chi connectivity index (χ1v) is 9.66. The van der Waals surface area contributed by atoms with Gasteiger partial charge < -0.3 is 9.52 Å². The van der Waals surface area contributed by atoms with Crippen molar-refractivity contribution in [2.75, 3.05) is 0 Å². The maximum atomic E-state index is 10.8. The Morgan fingerprint density at radius 1 is 0.667 bits per heavy atom. The van der Waals surface area contributed by atoms with Gasteiger partial charge in [-0.05, 0) is 41.5 Å². The molecule has 0 unspecified atom stereocenters. The van der Waals surface area contributed by atoms with Crippen LogP contribution in [0, 0.1) is 0 Å². The van der Waals surface area contributed by atoms with Gasteiger partial charge in [-0.25, -0.2) is 0 Å². The Labute approximate surface area is 158 Å². The van der Waals surface area contributed by atoms with E-state index in [4.69, 9.17) is 4.42 Å². The predicted molar refractivity (Wildman–Crippen MR) is 114 cm³/mol. The van der Waals surface area contributed by atoms with Crippen LogP contribution in [0.25, 0.3) is 53.2 Å². The second-order valence-electron chi connectivity index (χ2n) is 6.74. The molecule has 0 bridgehead atoms. The van der Waals surface area contributed by atoms with Gasteiger partial charge in [0.25, 0.3) is 0 Å². The fourth-order valence-corrected chi connectivity index (χ4v) is 5.14. The Kier molecular flexibility index (Phi) is 2.94. The number of hydrogen-bond donors (Lipinski definition) is 1. The quantitative estimate of drug-likeness (QED) is 0.330. The second-order valence-corrected chi connectivity index (χ2v) is 7.83. The molecule has 0 saturated heterocycles. The number of para-hydroxylation sites is 1. The lowest BCUT2D eigenvalue weighted by Gasteiger charge is -2.06. The van der Waals surface area contributed by atoms with Crippen LogP contribution in [0.15, 0.2) is 83.3 Å². The average Bonchev–Trinajstić information content (AvgIpc) is 3.26. The summed E-state index contributed by atoms with van der Waals surface area (Å²) in [6.45, 7) is 0. The van der Waals surface area contributed by atoms with E-state index >= 15 is 0 Å². The predicted octanol–water partition coefficient (Wildman–Crippen LogP) is 7.33. The van der Waals surface area contributed by atoms with E-state index in [-0.39, 0.29) is 5.75 Å². The van der Waals surface area contributed by atoms with E-state index in [0.717, 1.165) is 27.5 Å². The molecular weight excluding hydrogens is 352 g/mol. The number of aromatic hydroxyl groups is 1. The molecule has 6 rings (SSSR count). The Morgan fingerprint density at radius 3 is 2.37 bits per heavy atom. The van der Waals surface area contributed by atoms with Gasteiger partial charge in [0.2, 0.25) is 0 Å². The Bertz CT molecular complexity index is 1490. The van der Waals surface area contributed by atoms with Crippen molar-refractivity contribution in [1.29, 1.82) is 0 Å². The number of thiophene rings is 1. The van der Waals surface area contributed by atoms with E-state index in [9.17, 15) is 5.11 Å². The van der Waals surface area contributed by atoms with Crippen LogP contribution in [0.1, 0.15) is 0 Å². The zero-order chi connectivity index (χ0) is 18.0. The van der Waals surface area contributed by atoms with Gasteiger partial charge in [-0.3, -0.25) is 0 Å². The smallest absolute Gasteiger partial charge is 0.139 e. The molecule has 3 heteroatoms. The van der Waals surface area contributed by atoms with Gasteiger partial charge in [0.05, 0.1) is 5.39 Å². The summed E-state index contributed by atoms with van der Waals surface area (Å²) < 4.78 is 8.54. The third-order valence-corrected chi connectivity index (χ3v) is 6.31. The van der Waals surface area contributed by atoms with Crippen LogP contribution < -0.4 is 0 Å². The summed E-state index contributed by atoms with van der Waals surface area (Å²) in [6.07, 6.45) is 0. The van der Waals surface area contributed by atoms with Crippen LogP contribution in [0.5, 0.6) is 5.75 Å². The monoisotopic (exact) mass is 366 g/mol. The number of fused-ring (bicyclic) bond motifs is 6. The maximum absolute atomic E-state index is 10.8. The lowest BCUT2D eigenvalue weighted by Crippen LogP contribution is -1.80.